The summed E-state index contributed by atoms with van der Waals surface area (Å²) in [6, 6.07) is 35.3. The molecule has 0 aliphatic rings. The summed E-state index contributed by atoms with van der Waals surface area (Å²) in [6.07, 6.45) is 5.61. The second-order valence-corrected chi connectivity index (χ2v) is 9.88. The van der Waals surface area contributed by atoms with Crippen molar-refractivity contribution in [1.82, 2.24) is 24.1 Å². The van der Waals surface area contributed by atoms with Gasteiger partial charge in [0.15, 0.2) is 5.58 Å². The molecule has 0 fully saturated rings. The van der Waals surface area contributed by atoms with E-state index in [9.17, 15) is 0 Å². The van der Waals surface area contributed by atoms with E-state index < -0.39 is 0 Å². The molecule has 6 nitrogen and oxygen atoms in total. The molecule has 40 heavy (non-hydrogen) atoms. The second-order valence-electron chi connectivity index (χ2n) is 9.88. The molecular weight excluding hydrogens is 494 g/mol. The van der Waals surface area contributed by atoms with Gasteiger partial charge in [0.05, 0.1) is 22.3 Å². The fourth-order valence-corrected chi connectivity index (χ4v) is 5.61. The lowest BCUT2D eigenvalue weighted by Crippen LogP contribution is -1.97. The Morgan fingerprint density at radius 2 is 1.55 bits per heavy atom. The van der Waals surface area contributed by atoms with Crippen molar-refractivity contribution >= 4 is 32.9 Å². The zero-order valence-corrected chi connectivity index (χ0v) is 21.7. The summed E-state index contributed by atoms with van der Waals surface area (Å²) in [6.45, 7) is 0. The molecule has 4 aromatic heterocycles. The van der Waals surface area contributed by atoms with Crippen LogP contribution in [0.1, 0.15) is 0 Å². The first kappa shape index (κ1) is 22.5. The fourth-order valence-electron chi connectivity index (χ4n) is 5.61. The van der Waals surface area contributed by atoms with Crippen molar-refractivity contribution in [3.05, 3.63) is 122 Å². The van der Waals surface area contributed by atoms with Gasteiger partial charge < -0.3 is 13.6 Å². The number of benzene rings is 4. The maximum atomic E-state index is 6.31. The molecule has 8 aromatic rings. The standard InChI is InChI=1S/C34H23N5O/c1-38-18-17-36-33(38)26-20-25-24-11-2-4-14-30(24)39(23-10-8-9-22(19-23)28-12-6-7-16-35-28)31(25)21-27(26)34-37-29-13-3-5-15-32(29)40-34/h2-21H,1H3. The predicted octanol–water partition coefficient (Wildman–Crippen LogP) is 8.05. The molecule has 190 valence electrons. The Balaban J connectivity index is 1.46. The van der Waals surface area contributed by atoms with Crippen molar-refractivity contribution in [2.75, 3.05) is 0 Å². The van der Waals surface area contributed by atoms with E-state index in [4.69, 9.17) is 14.4 Å². The van der Waals surface area contributed by atoms with E-state index in [1.807, 2.05) is 72.7 Å². The Labute approximate surface area is 229 Å². The number of imidazole rings is 1. The summed E-state index contributed by atoms with van der Waals surface area (Å²) in [7, 11) is 2.01. The topological polar surface area (TPSA) is 61.7 Å². The maximum absolute atomic E-state index is 6.31. The number of para-hydroxylation sites is 3. The van der Waals surface area contributed by atoms with E-state index in [0.29, 0.717) is 5.89 Å². The highest BCUT2D eigenvalue weighted by Crippen LogP contribution is 2.41. The van der Waals surface area contributed by atoms with E-state index in [1.54, 1.807) is 0 Å². The van der Waals surface area contributed by atoms with E-state index in [-0.39, 0.29) is 0 Å². The van der Waals surface area contributed by atoms with Gasteiger partial charge in [-0.2, -0.15) is 0 Å². The Morgan fingerprint density at radius 3 is 2.40 bits per heavy atom. The van der Waals surface area contributed by atoms with Gasteiger partial charge >= 0.3 is 0 Å². The molecule has 0 aliphatic heterocycles. The van der Waals surface area contributed by atoms with E-state index in [2.05, 4.69) is 70.2 Å². The molecule has 0 aliphatic carbocycles. The summed E-state index contributed by atoms with van der Waals surface area (Å²) >= 11 is 0. The highest BCUT2D eigenvalue weighted by atomic mass is 16.3. The van der Waals surface area contributed by atoms with E-state index in [1.165, 1.54) is 5.39 Å². The van der Waals surface area contributed by atoms with Crippen LogP contribution >= 0.6 is 0 Å². The molecule has 0 unspecified atom stereocenters. The first-order valence-corrected chi connectivity index (χ1v) is 13.2. The minimum atomic E-state index is 0.570. The van der Waals surface area contributed by atoms with Gasteiger partial charge in [0.1, 0.15) is 11.3 Å². The van der Waals surface area contributed by atoms with Gasteiger partial charge in [0.25, 0.3) is 0 Å². The largest absolute Gasteiger partial charge is 0.436 e. The highest BCUT2D eigenvalue weighted by Gasteiger charge is 2.21. The van der Waals surface area contributed by atoms with Crippen LogP contribution in [0.15, 0.2) is 126 Å². The minimum Gasteiger partial charge on any atom is -0.436 e. The van der Waals surface area contributed by atoms with Crippen LogP contribution in [-0.2, 0) is 7.05 Å². The molecule has 4 heterocycles. The van der Waals surface area contributed by atoms with Crippen LogP contribution in [-0.4, -0.2) is 24.1 Å². The molecule has 0 saturated heterocycles. The van der Waals surface area contributed by atoms with Gasteiger partial charge in [-0.25, -0.2) is 9.97 Å². The third-order valence-electron chi connectivity index (χ3n) is 7.46. The molecule has 0 amide bonds. The van der Waals surface area contributed by atoms with Gasteiger partial charge in [0.2, 0.25) is 5.89 Å². The van der Waals surface area contributed by atoms with Gasteiger partial charge in [-0.05, 0) is 54.6 Å². The molecule has 6 heteroatoms. The van der Waals surface area contributed by atoms with Gasteiger partial charge in [-0.3, -0.25) is 4.98 Å². The summed E-state index contributed by atoms with van der Waals surface area (Å²) < 4.78 is 10.7. The van der Waals surface area contributed by atoms with Crippen LogP contribution in [0.5, 0.6) is 0 Å². The Hall–Kier alpha value is -5.49. The van der Waals surface area contributed by atoms with Crippen molar-refractivity contribution in [3.63, 3.8) is 0 Å². The van der Waals surface area contributed by atoms with Crippen molar-refractivity contribution in [2.24, 2.45) is 7.05 Å². The number of aryl methyl sites for hydroxylation is 1. The van der Waals surface area contributed by atoms with Crippen LogP contribution in [0.2, 0.25) is 0 Å². The molecule has 0 N–H and O–H groups in total. The third-order valence-corrected chi connectivity index (χ3v) is 7.46. The fraction of sp³-hybridized carbons (Fsp3) is 0.0294. The molecule has 0 atom stereocenters. The zero-order valence-electron chi connectivity index (χ0n) is 21.7. The number of hydrogen-bond acceptors (Lipinski definition) is 4. The normalized spacial score (nSPS) is 11.6. The van der Waals surface area contributed by atoms with Crippen molar-refractivity contribution < 1.29 is 4.42 Å². The average molecular weight is 518 g/mol. The number of oxazole rings is 1. The number of pyridine rings is 1. The minimum absolute atomic E-state index is 0.570. The Kier molecular flexibility index (Phi) is 4.94. The summed E-state index contributed by atoms with van der Waals surface area (Å²) in [4.78, 5) is 14.2. The number of fused-ring (bicyclic) bond motifs is 4. The molecule has 0 spiro atoms. The molecule has 8 rings (SSSR count). The molecular formula is C34H23N5O. The smallest absolute Gasteiger partial charge is 0.228 e. The van der Waals surface area contributed by atoms with Crippen LogP contribution in [0.4, 0.5) is 0 Å². The van der Waals surface area contributed by atoms with E-state index in [0.717, 1.165) is 61.4 Å². The van der Waals surface area contributed by atoms with Gasteiger partial charge in [-0.1, -0.05) is 48.5 Å². The SMILES string of the molecule is Cn1ccnc1-c1cc2c3ccccc3n(-c3cccc(-c4ccccn4)c3)c2cc1-c1nc2ccccc2o1. The first-order chi connectivity index (χ1) is 19.7. The van der Waals surface area contributed by atoms with Crippen LogP contribution in [0.25, 0.3) is 72.7 Å². The summed E-state index contributed by atoms with van der Waals surface area (Å²) in [5.41, 5.74) is 8.69. The Bertz CT molecular complexity index is 2150. The molecule has 0 radical (unpaired) electrons. The molecule has 0 bridgehead atoms. The highest BCUT2D eigenvalue weighted by molar-refractivity contribution is 6.12. The van der Waals surface area contributed by atoms with Crippen LogP contribution < -0.4 is 0 Å². The number of nitrogens with zero attached hydrogens (tertiary/aromatic N) is 5. The van der Waals surface area contributed by atoms with Gasteiger partial charge in [-0.15, -0.1) is 0 Å². The lowest BCUT2D eigenvalue weighted by Gasteiger charge is -2.12. The van der Waals surface area contributed by atoms with E-state index >= 15 is 0 Å². The summed E-state index contributed by atoms with van der Waals surface area (Å²) in [5.74, 6) is 1.42. The first-order valence-electron chi connectivity index (χ1n) is 13.2. The van der Waals surface area contributed by atoms with Crippen molar-refractivity contribution in [3.8, 4) is 39.8 Å². The van der Waals surface area contributed by atoms with Crippen molar-refractivity contribution in [2.45, 2.75) is 0 Å². The average Bonchev–Trinajstić information content (AvgIpc) is 3.72. The third kappa shape index (κ3) is 3.47. The summed E-state index contributed by atoms with van der Waals surface area (Å²) in [5, 5.41) is 2.30. The number of hydrogen-bond donors (Lipinski definition) is 0. The number of aromatic nitrogens is 5. The number of rotatable bonds is 4. The lowest BCUT2D eigenvalue weighted by atomic mass is 10.0. The second kappa shape index (κ2) is 8.78. The monoisotopic (exact) mass is 517 g/mol. The molecule has 0 saturated carbocycles. The maximum Gasteiger partial charge on any atom is 0.228 e. The lowest BCUT2D eigenvalue weighted by molar-refractivity contribution is 0.620. The van der Waals surface area contributed by atoms with Crippen molar-refractivity contribution in [1.29, 1.82) is 0 Å². The Morgan fingerprint density at radius 1 is 0.675 bits per heavy atom. The predicted molar refractivity (Wildman–Crippen MR) is 159 cm³/mol. The van der Waals surface area contributed by atoms with Crippen LogP contribution in [0, 0.1) is 0 Å². The van der Waals surface area contributed by atoms with Crippen LogP contribution in [0.3, 0.4) is 0 Å². The molecule has 4 aromatic carbocycles. The van der Waals surface area contributed by atoms with Gasteiger partial charge in [0, 0.05) is 53.2 Å². The zero-order chi connectivity index (χ0) is 26.6. The quantitative estimate of drug-likeness (QED) is 0.237.